The number of halogens is 1. The Hall–Kier alpha value is -1.37. The molecule has 0 saturated carbocycles. The standard InChI is InChI=1S/C15H19ClN2O3S/c1-11(9-12-5-2-3-7-14(12)16)15(19)18-8-4-6-13(10-18)22(17,20)21/h2-3,5,7,9,13H,4,6,8,10H2,1H3,(H2,17,20,21)/b11-9+/t13-/m0/s1. The summed E-state index contributed by atoms with van der Waals surface area (Å²) in [5, 5.41) is 5.08. The van der Waals surface area contributed by atoms with Gasteiger partial charge >= 0.3 is 0 Å². The van der Waals surface area contributed by atoms with Gasteiger partial charge in [-0.1, -0.05) is 29.8 Å². The van der Waals surface area contributed by atoms with E-state index < -0.39 is 15.3 Å². The third-order valence-electron chi connectivity index (χ3n) is 3.74. The summed E-state index contributed by atoms with van der Waals surface area (Å²) in [6.45, 7) is 2.39. The van der Waals surface area contributed by atoms with Crippen LogP contribution in [0.2, 0.25) is 5.02 Å². The second kappa shape index (κ2) is 6.81. The van der Waals surface area contributed by atoms with E-state index in [1.165, 1.54) is 0 Å². The molecule has 22 heavy (non-hydrogen) atoms. The fraction of sp³-hybridized carbons (Fsp3) is 0.400. The first kappa shape index (κ1) is 17.0. The summed E-state index contributed by atoms with van der Waals surface area (Å²) in [7, 11) is -3.62. The first-order valence-electron chi connectivity index (χ1n) is 7.03. The molecule has 1 amide bonds. The van der Waals surface area contributed by atoms with Crippen LogP contribution in [-0.4, -0.2) is 37.6 Å². The third kappa shape index (κ3) is 4.09. The molecular formula is C15H19ClN2O3S. The Morgan fingerprint density at radius 3 is 2.73 bits per heavy atom. The van der Waals surface area contributed by atoms with Crippen molar-refractivity contribution in [3.05, 3.63) is 40.4 Å². The molecule has 120 valence electrons. The number of nitrogens with two attached hydrogens (primary N) is 1. The molecule has 0 radical (unpaired) electrons. The quantitative estimate of drug-likeness (QED) is 0.853. The molecule has 1 atom stereocenters. The third-order valence-corrected chi connectivity index (χ3v) is 5.40. The second-order valence-electron chi connectivity index (χ2n) is 5.45. The van der Waals surface area contributed by atoms with Crippen LogP contribution in [0.4, 0.5) is 0 Å². The predicted octanol–water partition coefficient (Wildman–Crippen LogP) is 2.02. The molecule has 0 unspecified atom stereocenters. The van der Waals surface area contributed by atoms with Gasteiger partial charge in [0.25, 0.3) is 0 Å². The van der Waals surface area contributed by atoms with E-state index in [9.17, 15) is 13.2 Å². The van der Waals surface area contributed by atoms with Crippen molar-refractivity contribution in [1.82, 2.24) is 4.90 Å². The lowest BCUT2D eigenvalue weighted by Gasteiger charge is -2.31. The van der Waals surface area contributed by atoms with Crippen molar-refractivity contribution < 1.29 is 13.2 Å². The fourth-order valence-electron chi connectivity index (χ4n) is 2.53. The van der Waals surface area contributed by atoms with Gasteiger partial charge in [-0.3, -0.25) is 4.79 Å². The van der Waals surface area contributed by atoms with Crippen LogP contribution in [0.5, 0.6) is 0 Å². The summed E-state index contributed by atoms with van der Waals surface area (Å²) in [5.41, 5.74) is 1.28. The average Bonchev–Trinajstić information content (AvgIpc) is 2.48. The molecule has 2 N–H and O–H groups in total. The van der Waals surface area contributed by atoms with Gasteiger partial charge in [-0.05, 0) is 37.5 Å². The maximum absolute atomic E-state index is 12.5. The van der Waals surface area contributed by atoms with E-state index in [2.05, 4.69) is 0 Å². The number of hydrogen-bond acceptors (Lipinski definition) is 3. The number of amides is 1. The number of rotatable bonds is 3. The lowest BCUT2D eigenvalue weighted by molar-refractivity contribution is -0.127. The summed E-state index contributed by atoms with van der Waals surface area (Å²) in [4.78, 5) is 14.0. The molecule has 1 aromatic carbocycles. The maximum atomic E-state index is 12.5. The number of likely N-dealkylation sites (tertiary alicyclic amines) is 1. The SMILES string of the molecule is C/C(=C\c1ccccc1Cl)C(=O)N1CCC[C@H](S(N)(=O)=O)C1. The molecule has 7 heteroatoms. The van der Waals surface area contributed by atoms with Gasteiger partial charge in [0.2, 0.25) is 15.9 Å². The van der Waals surface area contributed by atoms with Gasteiger partial charge in [0.1, 0.15) is 0 Å². The average molecular weight is 343 g/mol. The molecule has 1 fully saturated rings. The number of sulfonamides is 1. The zero-order valence-electron chi connectivity index (χ0n) is 12.3. The van der Waals surface area contributed by atoms with Crippen LogP contribution in [0.3, 0.4) is 0 Å². The van der Waals surface area contributed by atoms with E-state index in [0.717, 1.165) is 5.56 Å². The molecule has 1 saturated heterocycles. The first-order valence-corrected chi connectivity index (χ1v) is 9.01. The molecule has 5 nitrogen and oxygen atoms in total. The van der Waals surface area contributed by atoms with Gasteiger partial charge in [0.15, 0.2) is 0 Å². The summed E-state index contributed by atoms with van der Waals surface area (Å²) >= 11 is 6.08. The Bertz CT molecular complexity index is 700. The van der Waals surface area contributed by atoms with E-state index in [-0.39, 0.29) is 12.5 Å². The molecule has 0 aliphatic carbocycles. The first-order chi connectivity index (χ1) is 10.3. The Kier molecular flexibility index (Phi) is 5.26. The highest BCUT2D eigenvalue weighted by atomic mass is 35.5. The smallest absolute Gasteiger partial charge is 0.249 e. The van der Waals surface area contributed by atoms with E-state index >= 15 is 0 Å². The highest BCUT2D eigenvalue weighted by Gasteiger charge is 2.30. The van der Waals surface area contributed by atoms with Crippen LogP contribution < -0.4 is 5.14 Å². The van der Waals surface area contributed by atoms with Gasteiger partial charge in [-0.15, -0.1) is 0 Å². The summed E-state index contributed by atoms with van der Waals surface area (Å²) < 4.78 is 22.9. The van der Waals surface area contributed by atoms with E-state index in [4.69, 9.17) is 16.7 Å². The summed E-state index contributed by atoms with van der Waals surface area (Å²) in [5.74, 6) is -0.187. The zero-order chi connectivity index (χ0) is 16.3. The minimum Gasteiger partial charge on any atom is -0.338 e. The van der Waals surface area contributed by atoms with Gasteiger partial charge in [0, 0.05) is 23.7 Å². The number of primary sulfonamides is 1. The molecule has 2 rings (SSSR count). The van der Waals surface area contributed by atoms with E-state index in [1.807, 2.05) is 18.2 Å². The number of hydrogen-bond donors (Lipinski definition) is 1. The predicted molar refractivity (Wildman–Crippen MR) is 87.8 cm³/mol. The number of carbonyl (C=O) groups excluding carboxylic acids is 1. The van der Waals surface area contributed by atoms with Crippen LogP contribution in [0.25, 0.3) is 6.08 Å². The molecule has 1 aliphatic heterocycles. The largest absolute Gasteiger partial charge is 0.338 e. The fourth-order valence-corrected chi connectivity index (χ4v) is 3.60. The van der Waals surface area contributed by atoms with Gasteiger partial charge in [-0.25, -0.2) is 13.6 Å². The molecule has 1 aliphatic rings. The van der Waals surface area contributed by atoms with Crippen molar-refractivity contribution in [2.24, 2.45) is 5.14 Å². The van der Waals surface area contributed by atoms with Crippen molar-refractivity contribution in [3.63, 3.8) is 0 Å². The van der Waals surface area contributed by atoms with Crippen LogP contribution in [0, 0.1) is 0 Å². The maximum Gasteiger partial charge on any atom is 0.249 e. The van der Waals surface area contributed by atoms with E-state index in [0.29, 0.717) is 30.0 Å². The highest BCUT2D eigenvalue weighted by molar-refractivity contribution is 7.89. The van der Waals surface area contributed by atoms with Crippen molar-refractivity contribution in [2.75, 3.05) is 13.1 Å². The van der Waals surface area contributed by atoms with Gasteiger partial charge < -0.3 is 4.90 Å². The second-order valence-corrected chi connectivity index (χ2v) is 7.71. The summed E-state index contributed by atoms with van der Waals surface area (Å²) in [6.07, 6.45) is 2.84. The van der Waals surface area contributed by atoms with Crippen LogP contribution >= 0.6 is 11.6 Å². The number of nitrogens with zero attached hydrogens (tertiary/aromatic N) is 1. The molecular weight excluding hydrogens is 324 g/mol. The Balaban J connectivity index is 2.15. The summed E-state index contributed by atoms with van der Waals surface area (Å²) in [6, 6.07) is 7.23. The monoisotopic (exact) mass is 342 g/mol. The van der Waals surface area contributed by atoms with Crippen LogP contribution in [0.1, 0.15) is 25.3 Å². The number of carbonyl (C=O) groups is 1. The normalized spacial score (nSPS) is 20.0. The number of benzene rings is 1. The molecule has 0 bridgehead atoms. The van der Waals surface area contributed by atoms with Gasteiger partial charge in [-0.2, -0.15) is 0 Å². The van der Waals surface area contributed by atoms with Crippen LogP contribution in [-0.2, 0) is 14.8 Å². The molecule has 1 aromatic rings. The lowest BCUT2D eigenvalue weighted by atomic mass is 10.1. The van der Waals surface area contributed by atoms with Crippen molar-refractivity contribution in [2.45, 2.75) is 25.0 Å². The van der Waals surface area contributed by atoms with Crippen LogP contribution in [0.15, 0.2) is 29.8 Å². The molecule has 1 heterocycles. The Morgan fingerprint density at radius 2 is 2.09 bits per heavy atom. The minimum absolute atomic E-state index is 0.144. The Labute approximate surface area is 135 Å². The lowest BCUT2D eigenvalue weighted by Crippen LogP contribution is -2.47. The van der Waals surface area contributed by atoms with Crippen molar-refractivity contribution in [3.8, 4) is 0 Å². The molecule has 0 spiro atoms. The highest BCUT2D eigenvalue weighted by Crippen LogP contribution is 2.21. The Morgan fingerprint density at radius 1 is 1.41 bits per heavy atom. The topological polar surface area (TPSA) is 80.5 Å². The van der Waals surface area contributed by atoms with Crippen molar-refractivity contribution in [1.29, 1.82) is 0 Å². The van der Waals surface area contributed by atoms with E-state index in [1.54, 1.807) is 24.0 Å². The molecule has 0 aromatic heterocycles. The number of piperidine rings is 1. The van der Waals surface area contributed by atoms with Crippen molar-refractivity contribution >= 4 is 33.6 Å². The zero-order valence-corrected chi connectivity index (χ0v) is 13.9. The van der Waals surface area contributed by atoms with Gasteiger partial charge in [0.05, 0.1) is 5.25 Å². The minimum atomic E-state index is -3.62.